The van der Waals surface area contributed by atoms with Gasteiger partial charge in [-0.25, -0.2) is 0 Å². The Morgan fingerprint density at radius 3 is 2.55 bits per heavy atom. The van der Waals surface area contributed by atoms with Crippen molar-refractivity contribution in [3.63, 3.8) is 0 Å². The molecule has 4 heterocycles. The van der Waals surface area contributed by atoms with Crippen LogP contribution in [0.1, 0.15) is 83.5 Å². The zero-order chi connectivity index (χ0) is 29.6. The summed E-state index contributed by atoms with van der Waals surface area (Å²) in [7, 11) is 1.85. The first-order chi connectivity index (χ1) is 20.1. The number of ether oxygens (including phenoxy) is 2. The summed E-state index contributed by atoms with van der Waals surface area (Å²) in [6.45, 7) is 5.55. The first-order valence-electron chi connectivity index (χ1n) is 14.5. The number of pyridine rings is 1. The number of aromatic nitrogens is 4. The third-order valence-corrected chi connectivity index (χ3v) is 8.71. The minimum absolute atomic E-state index is 0.0372. The lowest BCUT2D eigenvalue weighted by Crippen LogP contribution is -2.35. The molecule has 1 amide bonds. The summed E-state index contributed by atoms with van der Waals surface area (Å²) < 4.78 is 56.2. The second-order valence-electron chi connectivity index (χ2n) is 11.5. The van der Waals surface area contributed by atoms with Crippen molar-refractivity contribution in [1.82, 2.24) is 25.1 Å². The quantitative estimate of drug-likeness (QED) is 0.358. The van der Waals surface area contributed by atoms with Crippen LogP contribution in [0, 0.1) is 11.8 Å². The standard InChI is InChI=1S/C30H35F3N6O3/c1-4-42-26-11-20(27(21-14-41-15-21)28-37-35-16-38(28)3)10-25(36-26)39-13-23-22(29(39)40)8-19(9-24(23)30(31,32)33)17(2)34-12-18-6-5-7-18/h8-11,16-18,21,27,34H,4-7,12-15H2,1-3H3/t17-,27-/m1/s1. The topological polar surface area (TPSA) is 94.4 Å². The largest absolute Gasteiger partial charge is 0.478 e. The van der Waals surface area contributed by atoms with Crippen LogP contribution in [0.3, 0.4) is 0 Å². The van der Waals surface area contributed by atoms with E-state index in [0.717, 1.165) is 24.9 Å². The van der Waals surface area contributed by atoms with Gasteiger partial charge in [-0.15, -0.1) is 10.2 Å². The third kappa shape index (κ3) is 5.37. The molecule has 1 N–H and O–H groups in total. The maximum atomic E-state index is 14.4. The van der Waals surface area contributed by atoms with E-state index in [9.17, 15) is 18.0 Å². The molecule has 1 saturated carbocycles. The number of benzene rings is 1. The number of hydrogen-bond acceptors (Lipinski definition) is 7. The van der Waals surface area contributed by atoms with Crippen molar-refractivity contribution in [3.05, 3.63) is 64.2 Å². The molecule has 0 bridgehead atoms. The number of carbonyl (C=O) groups excluding carboxylic acids is 1. The Balaban J connectivity index is 1.37. The van der Waals surface area contributed by atoms with Gasteiger partial charge in [-0.2, -0.15) is 18.2 Å². The van der Waals surface area contributed by atoms with E-state index in [4.69, 9.17) is 9.47 Å². The van der Waals surface area contributed by atoms with Crippen LogP contribution < -0.4 is 15.0 Å². The lowest BCUT2D eigenvalue weighted by molar-refractivity contribution is -0.138. The predicted octanol–water partition coefficient (Wildman–Crippen LogP) is 5.02. The molecule has 1 saturated heterocycles. The monoisotopic (exact) mass is 584 g/mol. The molecule has 3 aromatic rings. The number of nitrogens with zero attached hydrogens (tertiary/aromatic N) is 5. The van der Waals surface area contributed by atoms with Crippen LogP contribution in [0.25, 0.3) is 0 Å². The normalized spacial score (nSPS) is 18.9. The maximum Gasteiger partial charge on any atom is 0.416 e. The number of amides is 1. The van der Waals surface area contributed by atoms with E-state index in [1.807, 2.05) is 25.5 Å². The Morgan fingerprint density at radius 2 is 1.95 bits per heavy atom. The molecule has 2 aromatic heterocycles. The summed E-state index contributed by atoms with van der Waals surface area (Å²) in [6, 6.07) is 6.01. The minimum atomic E-state index is -4.61. The summed E-state index contributed by atoms with van der Waals surface area (Å²) in [5.74, 6) is 1.15. The highest BCUT2D eigenvalue weighted by molar-refractivity contribution is 6.10. The molecular formula is C30H35F3N6O3. The number of alkyl halides is 3. The molecule has 9 nitrogen and oxygen atoms in total. The lowest BCUT2D eigenvalue weighted by atomic mass is 9.84. The average Bonchev–Trinajstić information content (AvgIpc) is 3.46. The zero-order valence-electron chi connectivity index (χ0n) is 23.9. The molecule has 0 unspecified atom stereocenters. The predicted molar refractivity (Wildman–Crippen MR) is 148 cm³/mol. The third-order valence-electron chi connectivity index (χ3n) is 8.71. The van der Waals surface area contributed by atoms with E-state index in [2.05, 4.69) is 20.5 Å². The summed E-state index contributed by atoms with van der Waals surface area (Å²) in [5.41, 5.74) is 0.457. The number of rotatable bonds is 10. The van der Waals surface area contributed by atoms with Crippen LogP contribution in [0.4, 0.5) is 19.0 Å². The number of hydrogen-bond donors (Lipinski definition) is 1. The summed E-state index contributed by atoms with van der Waals surface area (Å²) in [6.07, 6.45) is 0.456. The second kappa shape index (κ2) is 11.3. The number of anilines is 1. The number of carbonyl (C=O) groups is 1. The fraction of sp³-hybridized carbons (Fsp3) is 0.533. The van der Waals surface area contributed by atoms with E-state index >= 15 is 0 Å². The SMILES string of the molecule is CCOc1cc([C@@H](c2nncn2C)C2COC2)cc(N2Cc3c(cc([C@@H](C)NCC4CCC4)cc3C(F)(F)F)C2=O)n1. The highest BCUT2D eigenvalue weighted by atomic mass is 19.4. The second-order valence-corrected chi connectivity index (χ2v) is 11.5. The molecule has 42 heavy (non-hydrogen) atoms. The molecule has 2 fully saturated rings. The van der Waals surface area contributed by atoms with Gasteiger partial charge >= 0.3 is 6.18 Å². The van der Waals surface area contributed by atoms with Gasteiger partial charge in [-0.1, -0.05) is 6.42 Å². The number of halogens is 3. The van der Waals surface area contributed by atoms with E-state index in [-0.39, 0.29) is 47.2 Å². The Kier molecular flexibility index (Phi) is 7.69. The van der Waals surface area contributed by atoms with Gasteiger partial charge in [-0.05, 0) is 74.0 Å². The van der Waals surface area contributed by atoms with Crippen LogP contribution in [-0.2, 0) is 24.5 Å². The molecule has 2 aliphatic heterocycles. The van der Waals surface area contributed by atoms with Gasteiger partial charge in [0, 0.05) is 30.6 Å². The van der Waals surface area contributed by atoms with Crippen molar-refractivity contribution in [2.75, 3.05) is 31.3 Å². The number of aryl methyl sites for hydroxylation is 1. The van der Waals surface area contributed by atoms with Crippen molar-refractivity contribution in [1.29, 1.82) is 0 Å². The molecule has 224 valence electrons. The Labute approximate surface area is 242 Å². The Bertz CT molecular complexity index is 1470. The molecule has 0 spiro atoms. The van der Waals surface area contributed by atoms with Gasteiger partial charge in [0.05, 0.1) is 37.8 Å². The summed E-state index contributed by atoms with van der Waals surface area (Å²) in [4.78, 5) is 19.7. The number of nitrogens with one attached hydrogen (secondary N) is 1. The Morgan fingerprint density at radius 1 is 1.17 bits per heavy atom. The van der Waals surface area contributed by atoms with Crippen LogP contribution in [0.5, 0.6) is 5.88 Å². The van der Waals surface area contributed by atoms with Crippen molar-refractivity contribution in [2.45, 2.75) is 57.8 Å². The number of fused-ring (bicyclic) bond motifs is 1. The smallest absolute Gasteiger partial charge is 0.416 e. The van der Waals surface area contributed by atoms with Crippen LogP contribution in [-0.4, -0.2) is 52.0 Å². The van der Waals surface area contributed by atoms with Gasteiger partial charge in [0.2, 0.25) is 5.88 Å². The van der Waals surface area contributed by atoms with Gasteiger partial charge < -0.3 is 19.4 Å². The minimum Gasteiger partial charge on any atom is -0.478 e. The maximum absolute atomic E-state index is 14.4. The molecule has 1 aromatic carbocycles. The fourth-order valence-corrected chi connectivity index (χ4v) is 5.98. The van der Waals surface area contributed by atoms with Gasteiger partial charge in [0.25, 0.3) is 5.91 Å². The average molecular weight is 585 g/mol. The fourth-order valence-electron chi connectivity index (χ4n) is 5.98. The molecule has 12 heteroatoms. The molecule has 3 aliphatic rings. The van der Waals surface area contributed by atoms with Gasteiger partial charge in [0.15, 0.2) is 0 Å². The van der Waals surface area contributed by atoms with E-state index in [1.54, 1.807) is 24.5 Å². The Hall–Kier alpha value is -3.51. The van der Waals surface area contributed by atoms with Crippen molar-refractivity contribution >= 4 is 11.7 Å². The van der Waals surface area contributed by atoms with Crippen molar-refractivity contribution < 1.29 is 27.4 Å². The zero-order valence-corrected chi connectivity index (χ0v) is 23.9. The van der Waals surface area contributed by atoms with Crippen LogP contribution in [0.15, 0.2) is 30.6 Å². The highest BCUT2D eigenvalue weighted by Gasteiger charge is 2.42. The summed E-state index contributed by atoms with van der Waals surface area (Å²) >= 11 is 0. The molecule has 6 rings (SSSR count). The molecular weight excluding hydrogens is 549 g/mol. The van der Waals surface area contributed by atoms with E-state index in [0.29, 0.717) is 37.1 Å². The molecule has 1 aliphatic carbocycles. The van der Waals surface area contributed by atoms with E-state index < -0.39 is 17.6 Å². The van der Waals surface area contributed by atoms with Gasteiger partial charge in [-0.3, -0.25) is 9.69 Å². The highest BCUT2D eigenvalue weighted by Crippen LogP contribution is 2.42. The first-order valence-corrected chi connectivity index (χ1v) is 14.5. The van der Waals surface area contributed by atoms with Crippen molar-refractivity contribution in [3.8, 4) is 5.88 Å². The molecule has 2 atom stereocenters. The van der Waals surface area contributed by atoms with Crippen LogP contribution >= 0.6 is 0 Å². The van der Waals surface area contributed by atoms with Gasteiger partial charge in [0.1, 0.15) is 18.0 Å². The first kappa shape index (κ1) is 28.6. The van der Waals surface area contributed by atoms with Crippen LogP contribution in [0.2, 0.25) is 0 Å². The van der Waals surface area contributed by atoms with E-state index in [1.165, 1.54) is 17.4 Å². The van der Waals surface area contributed by atoms with Crippen molar-refractivity contribution in [2.24, 2.45) is 18.9 Å². The lowest BCUT2D eigenvalue weighted by Gasteiger charge is -2.33. The molecule has 0 radical (unpaired) electrons. The summed E-state index contributed by atoms with van der Waals surface area (Å²) in [5, 5.41) is 11.7.